The van der Waals surface area contributed by atoms with E-state index in [1.807, 2.05) is 42.5 Å². The molecule has 1 saturated heterocycles. The highest BCUT2D eigenvalue weighted by atomic mass is 19.1. The minimum atomic E-state index is -1.32. The molecule has 2 aliphatic heterocycles. The topological polar surface area (TPSA) is 99.5 Å². The predicted octanol–water partition coefficient (Wildman–Crippen LogP) is 3.45. The van der Waals surface area contributed by atoms with Crippen LogP contribution in [0.25, 0.3) is 0 Å². The Morgan fingerprint density at radius 1 is 1.08 bits per heavy atom. The number of nitrogens with one attached hydrogen (secondary N) is 2. The number of hydrogen-bond acceptors (Lipinski definition) is 5. The van der Waals surface area contributed by atoms with Gasteiger partial charge < -0.3 is 15.3 Å². The van der Waals surface area contributed by atoms with Gasteiger partial charge in [-0.1, -0.05) is 68.4 Å². The molecule has 2 aromatic carbocycles. The van der Waals surface area contributed by atoms with E-state index in [1.54, 1.807) is 4.68 Å². The maximum Gasteiger partial charge on any atom is 0.275 e. The van der Waals surface area contributed by atoms with E-state index in [4.69, 9.17) is 0 Å². The van der Waals surface area contributed by atoms with Crippen LogP contribution in [0.15, 0.2) is 60.7 Å². The van der Waals surface area contributed by atoms with Crippen LogP contribution in [0.3, 0.4) is 0 Å². The number of halogens is 1. The van der Waals surface area contributed by atoms with E-state index in [2.05, 4.69) is 41.7 Å². The molecule has 1 unspecified atom stereocenters. The average Bonchev–Trinajstić information content (AvgIpc) is 3.49. The number of nitrogens with zero attached hydrogens (tertiary/aromatic N) is 3. The number of aromatic nitrogens is 2. The SMILES string of the molecule is CC(C)c1ccc([C@@H](NC(=O)[C@@H]2C[C@@H](F)CN2C(=O)c2cc3n(n2)CCCNC3O)c2ccccc2)cc1. The lowest BCUT2D eigenvalue weighted by Gasteiger charge is -2.26. The lowest BCUT2D eigenvalue weighted by molar-refractivity contribution is -0.125. The first kappa shape index (κ1) is 26.1. The fourth-order valence-electron chi connectivity index (χ4n) is 5.23. The van der Waals surface area contributed by atoms with Crippen molar-refractivity contribution in [2.75, 3.05) is 13.1 Å². The summed E-state index contributed by atoms with van der Waals surface area (Å²) in [6, 6.07) is 17.8. The van der Waals surface area contributed by atoms with Gasteiger partial charge >= 0.3 is 0 Å². The summed E-state index contributed by atoms with van der Waals surface area (Å²) in [5.74, 6) is -0.554. The number of hydrogen-bond donors (Lipinski definition) is 3. The van der Waals surface area contributed by atoms with E-state index in [1.165, 1.54) is 16.5 Å². The minimum Gasteiger partial charge on any atom is -0.373 e. The van der Waals surface area contributed by atoms with Crippen molar-refractivity contribution in [3.05, 3.63) is 88.7 Å². The van der Waals surface area contributed by atoms with Crippen LogP contribution in [0.1, 0.15) is 77.7 Å². The molecule has 2 aliphatic rings. The molecular weight excluding hydrogens is 485 g/mol. The summed E-state index contributed by atoms with van der Waals surface area (Å²) < 4.78 is 16.3. The molecule has 0 spiro atoms. The fourth-order valence-corrected chi connectivity index (χ4v) is 5.23. The van der Waals surface area contributed by atoms with Gasteiger partial charge in [-0.15, -0.1) is 0 Å². The summed E-state index contributed by atoms with van der Waals surface area (Å²) in [6.07, 6.45) is -1.59. The molecular formula is C29H34FN5O3. The molecule has 1 fully saturated rings. The number of aliphatic hydroxyl groups excluding tert-OH is 1. The summed E-state index contributed by atoms with van der Waals surface area (Å²) in [6.45, 7) is 5.25. The van der Waals surface area contributed by atoms with Crippen LogP contribution >= 0.6 is 0 Å². The van der Waals surface area contributed by atoms with E-state index in [-0.39, 0.29) is 18.7 Å². The molecule has 0 saturated carbocycles. The monoisotopic (exact) mass is 519 g/mol. The molecule has 0 radical (unpaired) electrons. The first-order valence-electron chi connectivity index (χ1n) is 13.2. The molecule has 8 nitrogen and oxygen atoms in total. The molecule has 3 aromatic rings. The van der Waals surface area contributed by atoms with Gasteiger partial charge in [0.05, 0.1) is 18.3 Å². The Bertz CT molecular complexity index is 1280. The Hall–Kier alpha value is -3.56. The molecule has 5 rings (SSSR count). The van der Waals surface area contributed by atoms with Crippen molar-refractivity contribution >= 4 is 11.8 Å². The zero-order chi connectivity index (χ0) is 26.8. The van der Waals surface area contributed by atoms with Crippen LogP contribution < -0.4 is 10.6 Å². The van der Waals surface area contributed by atoms with Crippen molar-refractivity contribution in [2.45, 2.75) is 63.6 Å². The number of alkyl halides is 1. The Morgan fingerprint density at radius 3 is 2.47 bits per heavy atom. The van der Waals surface area contributed by atoms with Gasteiger partial charge in [-0.3, -0.25) is 19.6 Å². The highest BCUT2D eigenvalue weighted by Gasteiger charge is 2.42. The van der Waals surface area contributed by atoms with Crippen molar-refractivity contribution in [3.8, 4) is 0 Å². The van der Waals surface area contributed by atoms with Crippen molar-refractivity contribution in [2.24, 2.45) is 0 Å². The van der Waals surface area contributed by atoms with Gasteiger partial charge in [-0.05, 0) is 41.6 Å². The lowest BCUT2D eigenvalue weighted by atomic mass is 9.95. The van der Waals surface area contributed by atoms with Gasteiger partial charge in [0.1, 0.15) is 18.4 Å². The van der Waals surface area contributed by atoms with Crippen LogP contribution in [-0.4, -0.2) is 56.9 Å². The summed E-state index contributed by atoms with van der Waals surface area (Å²) >= 11 is 0. The summed E-state index contributed by atoms with van der Waals surface area (Å²) in [5.41, 5.74) is 3.57. The lowest BCUT2D eigenvalue weighted by Crippen LogP contribution is -2.47. The fraction of sp³-hybridized carbons (Fsp3) is 0.414. The number of aryl methyl sites for hydroxylation is 1. The Morgan fingerprint density at radius 2 is 1.76 bits per heavy atom. The average molecular weight is 520 g/mol. The normalized spacial score (nSPS) is 22.1. The van der Waals surface area contributed by atoms with Gasteiger partial charge in [0.25, 0.3) is 5.91 Å². The third-order valence-corrected chi connectivity index (χ3v) is 7.36. The number of fused-ring (bicyclic) bond motifs is 1. The third-order valence-electron chi connectivity index (χ3n) is 7.36. The number of amides is 2. The minimum absolute atomic E-state index is 0.0802. The maximum absolute atomic E-state index is 14.7. The van der Waals surface area contributed by atoms with Crippen molar-refractivity contribution in [3.63, 3.8) is 0 Å². The number of carbonyl (C=O) groups excluding carboxylic acids is 2. The number of benzene rings is 2. The van der Waals surface area contributed by atoms with Gasteiger partial charge in [0.15, 0.2) is 5.69 Å². The number of aliphatic hydroxyl groups is 1. The molecule has 1 aromatic heterocycles. The van der Waals surface area contributed by atoms with Gasteiger partial charge in [-0.25, -0.2) is 4.39 Å². The Labute approximate surface area is 221 Å². The van der Waals surface area contributed by atoms with E-state index >= 15 is 0 Å². The molecule has 3 heterocycles. The number of likely N-dealkylation sites (tertiary alicyclic amines) is 1. The van der Waals surface area contributed by atoms with E-state index in [9.17, 15) is 19.1 Å². The standard InChI is InChI=1S/C29H34FN5O3/c1-18(2)19-9-11-21(12-10-19)26(20-7-4-3-5-8-20)32-28(37)24-15-22(30)17-34(24)29(38)23-16-25-27(36)31-13-6-14-35(25)33-23/h3-5,7-12,16,18,22,24,26-27,31,36H,6,13-15,17H2,1-2H3,(H,32,37)/t22-,24+,26+,27?/m1/s1. The van der Waals surface area contributed by atoms with Crippen molar-refractivity contribution < 1.29 is 19.1 Å². The van der Waals surface area contributed by atoms with Crippen LogP contribution in [0, 0.1) is 0 Å². The van der Waals surface area contributed by atoms with E-state index < -0.39 is 36.3 Å². The van der Waals surface area contributed by atoms with Crippen molar-refractivity contribution in [1.29, 1.82) is 0 Å². The summed E-state index contributed by atoms with van der Waals surface area (Å²) in [5, 5.41) is 20.8. The van der Waals surface area contributed by atoms with Crippen LogP contribution in [-0.2, 0) is 11.3 Å². The highest BCUT2D eigenvalue weighted by Crippen LogP contribution is 2.28. The zero-order valence-electron chi connectivity index (χ0n) is 21.7. The summed E-state index contributed by atoms with van der Waals surface area (Å²) in [4.78, 5) is 28.3. The molecule has 4 atom stereocenters. The predicted molar refractivity (Wildman–Crippen MR) is 141 cm³/mol. The molecule has 38 heavy (non-hydrogen) atoms. The second-order valence-electron chi connectivity index (χ2n) is 10.4. The van der Waals surface area contributed by atoms with Crippen LogP contribution in [0.2, 0.25) is 0 Å². The second kappa shape index (κ2) is 11.0. The van der Waals surface area contributed by atoms with Gasteiger partial charge in [0.2, 0.25) is 5.91 Å². The summed E-state index contributed by atoms with van der Waals surface area (Å²) in [7, 11) is 0. The first-order valence-corrected chi connectivity index (χ1v) is 13.2. The Kier molecular flexibility index (Phi) is 7.58. The Balaban J connectivity index is 1.39. The van der Waals surface area contributed by atoms with E-state index in [0.717, 1.165) is 17.5 Å². The molecule has 2 amide bonds. The number of rotatable bonds is 6. The maximum atomic E-state index is 14.7. The highest BCUT2D eigenvalue weighted by molar-refractivity contribution is 5.97. The molecule has 9 heteroatoms. The first-order chi connectivity index (χ1) is 18.3. The quantitative estimate of drug-likeness (QED) is 0.463. The van der Waals surface area contributed by atoms with Crippen LogP contribution in [0.5, 0.6) is 0 Å². The largest absolute Gasteiger partial charge is 0.373 e. The molecule has 0 bridgehead atoms. The third kappa shape index (κ3) is 5.35. The van der Waals surface area contributed by atoms with E-state index in [0.29, 0.717) is 24.7 Å². The van der Waals surface area contributed by atoms with Crippen molar-refractivity contribution in [1.82, 2.24) is 25.3 Å². The molecule has 200 valence electrons. The van der Waals surface area contributed by atoms with Gasteiger partial charge in [-0.2, -0.15) is 5.10 Å². The molecule has 0 aliphatic carbocycles. The smallest absolute Gasteiger partial charge is 0.275 e. The van der Waals surface area contributed by atoms with Gasteiger partial charge in [0, 0.05) is 13.0 Å². The zero-order valence-corrected chi connectivity index (χ0v) is 21.7. The molecule has 3 N–H and O–H groups in total. The second-order valence-corrected chi connectivity index (χ2v) is 10.4. The number of carbonyl (C=O) groups is 2. The van der Waals surface area contributed by atoms with Crippen LogP contribution in [0.4, 0.5) is 4.39 Å².